The average Bonchev–Trinajstić information content (AvgIpc) is 2.91. The molecule has 0 saturated heterocycles. The SMILES string of the molecule is COc1cc(Cl)c(C)cc1NC(=O)C(C)Sc1nnc(C(C)(C)C)n1N. The van der Waals surface area contributed by atoms with Gasteiger partial charge in [0.25, 0.3) is 0 Å². The van der Waals surface area contributed by atoms with Crippen LogP contribution < -0.4 is 15.9 Å². The Labute approximate surface area is 162 Å². The first kappa shape index (κ1) is 20.4. The summed E-state index contributed by atoms with van der Waals surface area (Å²) in [6, 6.07) is 3.45. The number of aryl methyl sites for hydroxylation is 1. The minimum atomic E-state index is -0.435. The van der Waals surface area contributed by atoms with Gasteiger partial charge in [0.15, 0.2) is 5.82 Å². The van der Waals surface area contributed by atoms with E-state index in [2.05, 4.69) is 15.5 Å². The number of rotatable bonds is 5. The molecule has 0 fully saturated rings. The molecule has 2 aromatic rings. The van der Waals surface area contributed by atoms with Crippen molar-refractivity contribution in [2.75, 3.05) is 18.3 Å². The van der Waals surface area contributed by atoms with Gasteiger partial charge in [-0.05, 0) is 25.5 Å². The number of nitrogen functional groups attached to an aromatic ring is 1. The molecule has 0 aliphatic carbocycles. The normalized spacial score (nSPS) is 12.7. The molecule has 0 saturated carbocycles. The number of ether oxygens (including phenoxy) is 1. The summed E-state index contributed by atoms with van der Waals surface area (Å²) in [5, 5.41) is 11.7. The van der Waals surface area contributed by atoms with Crippen LogP contribution in [0, 0.1) is 6.92 Å². The summed E-state index contributed by atoms with van der Waals surface area (Å²) in [5.74, 6) is 7.04. The van der Waals surface area contributed by atoms with Gasteiger partial charge in [-0.1, -0.05) is 44.1 Å². The standard InChI is InChI=1S/C17H24ClN5O2S/c1-9-7-12(13(25-6)8-11(9)18)20-14(24)10(2)26-16-22-21-15(23(16)19)17(3,4)5/h7-8,10H,19H2,1-6H3,(H,20,24). The average molecular weight is 398 g/mol. The molecule has 1 heterocycles. The highest BCUT2D eigenvalue weighted by Crippen LogP contribution is 2.32. The Morgan fingerprint density at radius 2 is 2.04 bits per heavy atom. The maximum Gasteiger partial charge on any atom is 0.237 e. The predicted octanol–water partition coefficient (Wildman–Crippen LogP) is 3.38. The summed E-state index contributed by atoms with van der Waals surface area (Å²) in [6.45, 7) is 9.64. The van der Waals surface area contributed by atoms with Crippen LogP contribution in [0.1, 0.15) is 39.1 Å². The fourth-order valence-corrected chi connectivity index (χ4v) is 3.17. The maximum atomic E-state index is 12.6. The summed E-state index contributed by atoms with van der Waals surface area (Å²) >= 11 is 7.34. The van der Waals surface area contributed by atoms with Gasteiger partial charge in [-0.15, -0.1) is 10.2 Å². The topological polar surface area (TPSA) is 95.1 Å². The van der Waals surface area contributed by atoms with Crippen LogP contribution >= 0.6 is 23.4 Å². The molecule has 7 nitrogen and oxygen atoms in total. The third kappa shape index (κ3) is 4.42. The van der Waals surface area contributed by atoms with Crippen molar-refractivity contribution in [3.8, 4) is 5.75 Å². The van der Waals surface area contributed by atoms with Crippen LogP contribution in [-0.2, 0) is 10.2 Å². The van der Waals surface area contributed by atoms with Gasteiger partial charge >= 0.3 is 0 Å². The fraction of sp³-hybridized carbons (Fsp3) is 0.471. The lowest BCUT2D eigenvalue weighted by atomic mass is 9.96. The Morgan fingerprint density at radius 1 is 1.38 bits per heavy atom. The molecule has 1 unspecified atom stereocenters. The van der Waals surface area contributed by atoms with Crippen LogP contribution in [0.15, 0.2) is 17.3 Å². The van der Waals surface area contributed by atoms with E-state index in [0.717, 1.165) is 5.56 Å². The van der Waals surface area contributed by atoms with Gasteiger partial charge < -0.3 is 15.9 Å². The van der Waals surface area contributed by atoms with Crippen molar-refractivity contribution >= 4 is 35.0 Å². The highest BCUT2D eigenvalue weighted by Gasteiger charge is 2.25. The number of thioether (sulfide) groups is 1. The quantitative estimate of drug-likeness (QED) is 0.593. The van der Waals surface area contributed by atoms with E-state index in [4.69, 9.17) is 22.2 Å². The third-order valence-corrected chi connectivity index (χ3v) is 5.19. The number of benzene rings is 1. The van der Waals surface area contributed by atoms with Gasteiger partial charge in [-0.25, -0.2) is 4.68 Å². The van der Waals surface area contributed by atoms with Gasteiger partial charge in [-0.2, -0.15) is 0 Å². The molecule has 3 N–H and O–H groups in total. The Morgan fingerprint density at radius 3 is 2.58 bits per heavy atom. The van der Waals surface area contributed by atoms with Crippen molar-refractivity contribution < 1.29 is 9.53 Å². The minimum Gasteiger partial charge on any atom is -0.495 e. The molecule has 2 rings (SSSR count). The molecule has 26 heavy (non-hydrogen) atoms. The molecule has 0 aliphatic rings. The van der Waals surface area contributed by atoms with Crippen LogP contribution in [0.5, 0.6) is 5.75 Å². The number of aromatic nitrogens is 3. The molecule has 1 aromatic carbocycles. The van der Waals surface area contributed by atoms with E-state index in [-0.39, 0.29) is 11.3 Å². The van der Waals surface area contributed by atoms with Crippen LogP contribution in [0.3, 0.4) is 0 Å². The molecule has 0 aliphatic heterocycles. The predicted molar refractivity (Wildman–Crippen MR) is 106 cm³/mol. The lowest BCUT2D eigenvalue weighted by Gasteiger charge is -2.17. The molecule has 1 atom stereocenters. The number of nitrogens with two attached hydrogens (primary N) is 1. The van der Waals surface area contributed by atoms with Crippen molar-refractivity contribution in [2.45, 2.75) is 50.4 Å². The molecule has 1 aromatic heterocycles. The number of methoxy groups -OCH3 is 1. The Kier molecular flexibility index (Phi) is 6.08. The molecule has 0 radical (unpaired) electrons. The number of hydrogen-bond donors (Lipinski definition) is 2. The van der Waals surface area contributed by atoms with Crippen molar-refractivity contribution in [2.24, 2.45) is 0 Å². The van der Waals surface area contributed by atoms with Gasteiger partial charge in [0.2, 0.25) is 11.1 Å². The van der Waals surface area contributed by atoms with E-state index in [1.807, 2.05) is 27.7 Å². The first-order chi connectivity index (χ1) is 12.0. The fourth-order valence-electron chi connectivity index (χ4n) is 2.24. The van der Waals surface area contributed by atoms with Gasteiger partial charge in [0.1, 0.15) is 5.75 Å². The molecule has 142 valence electrons. The zero-order chi connectivity index (χ0) is 19.6. The largest absolute Gasteiger partial charge is 0.495 e. The van der Waals surface area contributed by atoms with Crippen molar-refractivity contribution in [1.82, 2.24) is 14.9 Å². The first-order valence-electron chi connectivity index (χ1n) is 8.07. The summed E-state index contributed by atoms with van der Waals surface area (Å²) in [5.41, 5.74) is 1.18. The van der Waals surface area contributed by atoms with Crippen LogP contribution in [-0.4, -0.2) is 33.1 Å². The molecule has 9 heteroatoms. The number of halogens is 1. The zero-order valence-electron chi connectivity index (χ0n) is 15.8. The van der Waals surface area contributed by atoms with Crippen molar-refractivity contribution in [1.29, 1.82) is 0 Å². The number of nitrogens with zero attached hydrogens (tertiary/aromatic N) is 3. The number of nitrogens with one attached hydrogen (secondary N) is 1. The maximum absolute atomic E-state index is 12.6. The van der Waals surface area contributed by atoms with Crippen molar-refractivity contribution in [3.05, 3.63) is 28.5 Å². The lowest BCUT2D eigenvalue weighted by Crippen LogP contribution is -2.26. The lowest BCUT2D eigenvalue weighted by molar-refractivity contribution is -0.115. The van der Waals surface area contributed by atoms with E-state index in [0.29, 0.717) is 27.4 Å². The van der Waals surface area contributed by atoms with Gasteiger partial charge in [0, 0.05) is 16.5 Å². The van der Waals surface area contributed by atoms with Gasteiger partial charge in [0.05, 0.1) is 18.0 Å². The Hall–Kier alpha value is -1.93. The van der Waals surface area contributed by atoms with E-state index < -0.39 is 5.25 Å². The van der Waals surface area contributed by atoms with E-state index in [1.54, 1.807) is 19.1 Å². The smallest absolute Gasteiger partial charge is 0.237 e. The number of hydrogen-bond acceptors (Lipinski definition) is 6. The molecule has 1 amide bonds. The second-order valence-corrected chi connectivity index (χ2v) is 8.69. The van der Waals surface area contributed by atoms with Crippen LogP contribution in [0.25, 0.3) is 0 Å². The Balaban J connectivity index is 2.14. The number of carbonyl (C=O) groups is 1. The Bertz CT molecular complexity index is 816. The molecular formula is C17H24ClN5O2S. The highest BCUT2D eigenvalue weighted by atomic mass is 35.5. The summed E-state index contributed by atoms with van der Waals surface area (Å²) in [7, 11) is 1.53. The molecular weight excluding hydrogens is 374 g/mol. The number of amides is 1. The van der Waals surface area contributed by atoms with Crippen LogP contribution in [0.2, 0.25) is 5.02 Å². The number of anilines is 1. The van der Waals surface area contributed by atoms with Crippen LogP contribution in [0.4, 0.5) is 5.69 Å². The second kappa shape index (κ2) is 7.75. The van der Waals surface area contributed by atoms with E-state index >= 15 is 0 Å². The monoisotopic (exact) mass is 397 g/mol. The van der Waals surface area contributed by atoms with Crippen molar-refractivity contribution in [3.63, 3.8) is 0 Å². The second-order valence-electron chi connectivity index (χ2n) is 6.98. The summed E-state index contributed by atoms with van der Waals surface area (Å²) in [6.07, 6.45) is 0. The molecule has 0 bridgehead atoms. The van der Waals surface area contributed by atoms with Gasteiger partial charge in [-0.3, -0.25) is 4.79 Å². The zero-order valence-corrected chi connectivity index (χ0v) is 17.3. The van der Waals surface area contributed by atoms with E-state index in [9.17, 15) is 4.79 Å². The molecule has 0 spiro atoms. The minimum absolute atomic E-state index is 0.199. The number of carbonyl (C=O) groups excluding carboxylic acids is 1. The third-order valence-electron chi connectivity index (χ3n) is 3.73. The summed E-state index contributed by atoms with van der Waals surface area (Å²) < 4.78 is 6.72. The summed E-state index contributed by atoms with van der Waals surface area (Å²) in [4.78, 5) is 12.6. The van der Waals surface area contributed by atoms with E-state index in [1.165, 1.54) is 23.5 Å². The highest BCUT2D eigenvalue weighted by molar-refractivity contribution is 8.00. The first-order valence-corrected chi connectivity index (χ1v) is 9.33.